The number of rotatable bonds is 3. The smallest absolute Gasteiger partial charge is 0.153 e. The van der Waals surface area contributed by atoms with E-state index in [-0.39, 0.29) is 5.25 Å². The van der Waals surface area contributed by atoms with Gasteiger partial charge in [0.1, 0.15) is 5.65 Å². The second-order valence-corrected chi connectivity index (χ2v) is 7.42. The molecule has 0 aliphatic carbocycles. The molecule has 3 heterocycles. The van der Waals surface area contributed by atoms with E-state index >= 15 is 0 Å². The van der Waals surface area contributed by atoms with E-state index in [0.29, 0.717) is 18.7 Å². The highest BCUT2D eigenvalue weighted by molar-refractivity contribution is 7.92. The topological polar surface area (TPSA) is 77.5 Å². The van der Waals surface area contributed by atoms with Crippen molar-refractivity contribution in [1.82, 2.24) is 9.38 Å². The van der Waals surface area contributed by atoms with Crippen LogP contribution >= 0.6 is 0 Å². The number of aromatic nitrogens is 2. The van der Waals surface area contributed by atoms with Crippen LogP contribution in [0, 0.1) is 0 Å². The fraction of sp³-hybridized carbons (Fsp3) is 0.462. The van der Waals surface area contributed by atoms with Gasteiger partial charge in [0.05, 0.1) is 16.7 Å². The van der Waals surface area contributed by atoms with E-state index in [4.69, 9.17) is 5.73 Å². The van der Waals surface area contributed by atoms with Crippen LogP contribution in [0.5, 0.6) is 0 Å². The Morgan fingerprint density at radius 1 is 1.42 bits per heavy atom. The van der Waals surface area contributed by atoms with Crippen LogP contribution in [0.25, 0.3) is 5.65 Å². The van der Waals surface area contributed by atoms with E-state index in [0.717, 1.165) is 29.9 Å². The number of sulfone groups is 1. The van der Waals surface area contributed by atoms with Crippen molar-refractivity contribution in [3.05, 3.63) is 35.8 Å². The number of nitrogens with two attached hydrogens (primary N) is 1. The maximum Gasteiger partial charge on any atom is 0.153 e. The zero-order valence-electron chi connectivity index (χ0n) is 10.6. The lowest BCUT2D eigenvalue weighted by atomic mass is 10.2. The molecule has 19 heavy (non-hydrogen) atoms. The first-order chi connectivity index (χ1) is 9.10. The number of hydrogen-bond donors (Lipinski definition) is 1. The Morgan fingerprint density at radius 3 is 2.95 bits per heavy atom. The van der Waals surface area contributed by atoms with Gasteiger partial charge in [-0.1, -0.05) is 6.07 Å². The van der Waals surface area contributed by atoms with Crippen molar-refractivity contribution in [2.45, 2.75) is 31.1 Å². The predicted molar refractivity (Wildman–Crippen MR) is 73.6 cm³/mol. The van der Waals surface area contributed by atoms with E-state index in [9.17, 15) is 8.42 Å². The molecule has 1 saturated heterocycles. The molecule has 2 N–H and O–H groups in total. The van der Waals surface area contributed by atoms with Crippen LogP contribution in [0.15, 0.2) is 24.4 Å². The quantitative estimate of drug-likeness (QED) is 0.906. The van der Waals surface area contributed by atoms with E-state index < -0.39 is 9.84 Å². The minimum atomic E-state index is -2.91. The van der Waals surface area contributed by atoms with Gasteiger partial charge in [-0.15, -0.1) is 0 Å². The van der Waals surface area contributed by atoms with Crippen LogP contribution in [-0.4, -0.2) is 28.8 Å². The molecule has 0 spiro atoms. The highest BCUT2D eigenvalue weighted by Gasteiger charge is 2.31. The number of nitrogens with zero attached hydrogens (tertiary/aromatic N) is 2. The molecule has 1 aliphatic heterocycles. The molecule has 0 saturated carbocycles. The molecule has 0 bridgehead atoms. The molecule has 0 amide bonds. The third kappa shape index (κ3) is 2.26. The second kappa shape index (κ2) is 4.61. The standard InChI is InChI=1S/C13H17N3O2S/c14-8-11-3-1-5-13-15-10(9-16(11)13)7-12-4-2-6-19(12,17)18/h1,3,5,9,12H,2,4,6-8,14H2. The SMILES string of the molecule is NCc1cccc2nc(CC3CCCS3(=O)=O)cn12. The first-order valence-corrected chi connectivity index (χ1v) is 8.19. The summed E-state index contributed by atoms with van der Waals surface area (Å²) < 4.78 is 25.6. The van der Waals surface area contributed by atoms with Gasteiger partial charge in [-0.05, 0) is 25.0 Å². The van der Waals surface area contributed by atoms with Gasteiger partial charge in [-0.3, -0.25) is 0 Å². The summed E-state index contributed by atoms with van der Waals surface area (Å²) >= 11 is 0. The molecule has 2 aromatic heterocycles. The first kappa shape index (κ1) is 12.6. The molecule has 3 rings (SSSR count). The zero-order chi connectivity index (χ0) is 13.5. The van der Waals surface area contributed by atoms with E-state index in [1.165, 1.54) is 0 Å². The Morgan fingerprint density at radius 2 is 2.26 bits per heavy atom. The minimum absolute atomic E-state index is 0.265. The lowest BCUT2D eigenvalue weighted by molar-refractivity contribution is 0.587. The van der Waals surface area contributed by atoms with E-state index in [1.54, 1.807) is 0 Å². The molecule has 0 radical (unpaired) electrons. The van der Waals surface area contributed by atoms with Gasteiger partial charge in [-0.25, -0.2) is 13.4 Å². The summed E-state index contributed by atoms with van der Waals surface area (Å²) in [7, 11) is -2.91. The second-order valence-electron chi connectivity index (χ2n) is 5.02. The lowest BCUT2D eigenvalue weighted by Crippen LogP contribution is -2.18. The first-order valence-electron chi connectivity index (χ1n) is 6.47. The van der Waals surface area contributed by atoms with Gasteiger partial charge in [0.15, 0.2) is 9.84 Å². The third-order valence-electron chi connectivity index (χ3n) is 3.74. The van der Waals surface area contributed by atoms with Crippen molar-refractivity contribution in [2.75, 3.05) is 5.75 Å². The van der Waals surface area contributed by atoms with Gasteiger partial charge < -0.3 is 10.1 Å². The molecular weight excluding hydrogens is 262 g/mol. The van der Waals surface area contributed by atoms with Crippen LogP contribution in [-0.2, 0) is 22.8 Å². The Balaban J connectivity index is 1.94. The van der Waals surface area contributed by atoms with Crippen molar-refractivity contribution >= 4 is 15.5 Å². The number of pyridine rings is 1. The molecule has 1 fully saturated rings. The molecule has 1 aliphatic rings. The van der Waals surface area contributed by atoms with Crippen LogP contribution in [0.2, 0.25) is 0 Å². The van der Waals surface area contributed by atoms with Crippen LogP contribution in [0.4, 0.5) is 0 Å². The summed E-state index contributed by atoms with van der Waals surface area (Å²) in [5.41, 5.74) is 8.32. The molecular formula is C13H17N3O2S. The Hall–Kier alpha value is -1.40. The lowest BCUT2D eigenvalue weighted by Gasteiger charge is -2.05. The van der Waals surface area contributed by atoms with Crippen LogP contribution in [0.3, 0.4) is 0 Å². The molecule has 2 aromatic rings. The summed E-state index contributed by atoms with van der Waals surface area (Å²) in [6.07, 6.45) is 3.94. The van der Waals surface area contributed by atoms with Gasteiger partial charge in [0, 0.05) is 24.9 Å². The summed E-state index contributed by atoms with van der Waals surface area (Å²) in [4.78, 5) is 4.49. The molecule has 5 nitrogen and oxygen atoms in total. The maximum absolute atomic E-state index is 11.8. The van der Waals surface area contributed by atoms with Crippen molar-refractivity contribution in [2.24, 2.45) is 5.73 Å². The van der Waals surface area contributed by atoms with E-state index in [2.05, 4.69) is 4.98 Å². The van der Waals surface area contributed by atoms with Gasteiger partial charge in [-0.2, -0.15) is 0 Å². The minimum Gasteiger partial charge on any atom is -0.325 e. The van der Waals surface area contributed by atoms with Crippen molar-refractivity contribution in [3.63, 3.8) is 0 Å². The number of hydrogen-bond acceptors (Lipinski definition) is 4. The Kier molecular flexibility index (Phi) is 3.06. The summed E-state index contributed by atoms with van der Waals surface area (Å²) in [6.45, 7) is 0.439. The molecule has 102 valence electrons. The fourth-order valence-corrected chi connectivity index (χ4v) is 4.56. The highest BCUT2D eigenvalue weighted by Crippen LogP contribution is 2.23. The van der Waals surface area contributed by atoms with Crippen molar-refractivity contribution in [1.29, 1.82) is 0 Å². The maximum atomic E-state index is 11.8. The summed E-state index contributed by atoms with van der Waals surface area (Å²) in [6, 6.07) is 5.77. The summed E-state index contributed by atoms with van der Waals surface area (Å²) in [5.74, 6) is 0.319. The molecule has 1 unspecified atom stereocenters. The largest absolute Gasteiger partial charge is 0.325 e. The highest BCUT2D eigenvalue weighted by atomic mass is 32.2. The fourth-order valence-electron chi connectivity index (χ4n) is 2.70. The third-order valence-corrected chi connectivity index (χ3v) is 6.01. The van der Waals surface area contributed by atoms with Crippen LogP contribution in [0.1, 0.15) is 24.2 Å². The Bertz CT molecular complexity index is 706. The molecule has 6 heteroatoms. The average molecular weight is 279 g/mol. The average Bonchev–Trinajstić information content (AvgIpc) is 2.92. The van der Waals surface area contributed by atoms with Gasteiger partial charge >= 0.3 is 0 Å². The normalized spacial score (nSPS) is 22.1. The monoisotopic (exact) mass is 279 g/mol. The van der Waals surface area contributed by atoms with Crippen molar-refractivity contribution < 1.29 is 8.42 Å². The zero-order valence-corrected chi connectivity index (χ0v) is 11.4. The Labute approximate surface area is 112 Å². The van der Waals surface area contributed by atoms with E-state index in [1.807, 2.05) is 28.8 Å². The molecule has 1 atom stereocenters. The van der Waals surface area contributed by atoms with Crippen LogP contribution < -0.4 is 5.73 Å². The predicted octanol–water partition coefficient (Wildman–Crippen LogP) is 0.913. The molecule has 0 aromatic carbocycles. The number of fused-ring (bicyclic) bond motifs is 1. The van der Waals surface area contributed by atoms with Gasteiger partial charge in [0.25, 0.3) is 0 Å². The van der Waals surface area contributed by atoms with Gasteiger partial charge in [0.2, 0.25) is 0 Å². The summed E-state index contributed by atoms with van der Waals surface area (Å²) in [5, 5.41) is -0.265. The van der Waals surface area contributed by atoms with Crippen molar-refractivity contribution in [3.8, 4) is 0 Å². The number of imidazole rings is 1.